The van der Waals surface area contributed by atoms with E-state index in [1.807, 2.05) is 0 Å². The third-order valence-corrected chi connectivity index (χ3v) is 10.3. The fourth-order valence-electron chi connectivity index (χ4n) is 4.17. The number of halogens is 4. The maximum atomic E-state index is 5.03. The first-order valence-electron chi connectivity index (χ1n) is 11.6. The Morgan fingerprint density at radius 3 is 1.86 bits per heavy atom. The number of nitrogens with one attached hydrogen (secondary N) is 2. The Hall–Kier alpha value is -1.48. The monoisotopic (exact) mass is 736 g/mol. The van der Waals surface area contributed by atoms with Gasteiger partial charge in [0.05, 0.1) is 42.2 Å². The lowest BCUT2D eigenvalue weighted by Crippen LogP contribution is -2.01. The Morgan fingerprint density at radius 2 is 1.31 bits per heavy atom. The molecule has 0 aromatic carbocycles. The number of allylic oxidation sites excluding steroid dienone is 6. The lowest BCUT2D eigenvalue weighted by atomic mass is 10.0. The smallest absolute Gasteiger partial charge is 0.0857 e. The van der Waals surface area contributed by atoms with Gasteiger partial charge >= 0.3 is 0 Å². The van der Waals surface area contributed by atoms with Gasteiger partial charge in [0.25, 0.3) is 0 Å². The highest BCUT2D eigenvalue weighted by atomic mass is 79.9. The van der Waals surface area contributed by atoms with Gasteiger partial charge in [0, 0.05) is 10.2 Å². The zero-order chi connectivity index (χ0) is 26.6. The van der Waals surface area contributed by atoms with Crippen LogP contribution >= 0.6 is 63.7 Å². The van der Waals surface area contributed by atoms with Crippen LogP contribution in [0.15, 0.2) is 63.4 Å². The molecule has 36 heavy (non-hydrogen) atoms. The molecule has 0 amide bonds. The molecule has 8 heteroatoms. The molecule has 2 aromatic rings. The third-order valence-electron chi connectivity index (χ3n) is 7.31. The van der Waals surface area contributed by atoms with Crippen LogP contribution in [-0.2, 0) is 0 Å². The van der Waals surface area contributed by atoms with Gasteiger partial charge < -0.3 is 9.97 Å². The first-order chi connectivity index (χ1) is 16.8. The predicted molar refractivity (Wildman–Crippen MR) is 168 cm³/mol. The van der Waals surface area contributed by atoms with Crippen molar-refractivity contribution >= 4 is 85.7 Å². The zero-order valence-electron chi connectivity index (χ0n) is 21.6. The highest BCUT2D eigenvalue weighted by Crippen LogP contribution is 2.40. The lowest BCUT2D eigenvalue weighted by Gasteiger charge is -2.04. The van der Waals surface area contributed by atoms with E-state index in [1.54, 1.807) is 0 Å². The van der Waals surface area contributed by atoms with Crippen LogP contribution in [0.25, 0.3) is 10.6 Å². The van der Waals surface area contributed by atoms with E-state index in [1.165, 1.54) is 27.8 Å². The van der Waals surface area contributed by atoms with Gasteiger partial charge in [-0.1, -0.05) is 0 Å². The van der Waals surface area contributed by atoms with Gasteiger partial charge in [-0.3, -0.25) is 0 Å². The molecule has 4 nitrogen and oxygen atoms in total. The molecule has 0 saturated carbocycles. The lowest BCUT2D eigenvalue weighted by molar-refractivity contribution is 1.27. The summed E-state index contributed by atoms with van der Waals surface area (Å²) >= 11 is 14.8. The first kappa shape index (κ1) is 27.6. The van der Waals surface area contributed by atoms with Crippen LogP contribution in [0.5, 0.6) is 0 Å². The van der Waals surface area contributed by atoms with E-state index in [9.17, 15) is 0 Å². The minimum atomic E-state index is 0.914. The fraction of sp³-hybridized carbons (Fsp3) is 0.286. The molecule has 4 rings (SSSR count). The van der Waals surface area contributed by atoms with E-state index in [4.69, 9.17) is 9.98 Å². The predicted octanol–water partition coefficient (Wildman–Crippen LogP) is 10.1. The third kappa shape index (κ3) is 4.74. The average Bonchev–Trinajstić information content (AvgIpc) is 3.46. The maximum absolute atomic E-state index is 5.03. The molecule has 0 saturated heterocycles. The Morgan fingerprint density at radius 1 is 0.694 bits per heavy atom. The van der Waals surface area contributed by atoms with Crippen LogP contribution in [0.2, 0.25) is 0 Å². The number of hydrogen-bond acceptors (Lipinski definition) is 2. The summed E-state index contributed by atoms with van der Waals surface area (Å²) in [6, 6.07) is 0. The summed E-state index contributed by atoms with van der Waals surface area (Å²) in [6.07, 6.45) is 4.20. The van der Waals surface area contributed by atoms with Crippen LogP contribution in [-0.4, -0.2) is 21.4 Å². The van der Waals surface area contributed by atoms with Crippen LogP contribution < -0.4 is 0 Å². The molecule has 0 radical (unpaired) electrons. The van der Waals surface area contributed by atoms with Gasteiger partial charge in [-0.25, -0.2) is 9.98 Å². The van der Waals surface area contributed by atoms with Crippen molar-refractivity contribution in [1.29, 1.82) is 0 Å². The van der Waals surface area contributed by atoms with Crippen molar-refractivity contribution in [3.63, 3.8) is 0 Å². The van der Waals surface area contributed by atoms with E-state index in [0.29, 0.717) is 0 Å². The van der Waals surface area contributed by atoms with Gasteiger partial charge in [-0.2, -0.15) is 0 Å². The van der Waals surface area contributed by atoms with Crippen LogP contribution in [0.1, 0.15) is 61.3 Å². The van der Waals surface area contributed by atoms with Crippen molar-refractivity contribution in [1.82, 2.24) is 9.97 Å². The van der Waals surface area contributed by atoms with E-state index < -0.39 is 0 Å². The molecule has 0 unspecified atom stereocenters. The standard InChI is InChI=1S/C28H28Br4N4/c1-11-12(2)21(10-22-13(3)17(7)27(31)34-22)33-20(11)9-19(29)24-14(4)15(5)25(35-24)23(30)26-16(6)18(8)28(32)36-26/h9-10,34,36H,1-8H3/b19-9?,21-10-,25-23+. The molecule has 2 aliphatic rings. The van der Waals surface area contributed by atoms with Gasteiger partial charge in [0.15, 0.2) is 0 Å². The second-order valence-electron chi connectivity index (χ2n) is 9.31. The second-order valence-corrected chi connectivity index (χ2v) is 12.5. The molecule has 0 fully saturated rings. The minimum absolute atomic E-state index is 0.914. The van der Waals surface area contributed by atoms with Crippen molar-refractivity contribution in [2.45, 2.75) is 55.4 Å². The van der Waals surface area contributed by atoms with Gasteiger partial charge in [0.2, 0.25) is 0 Å². The number of nitrogens with zero attached hydrogens (tertiary/aromatic N) is 2. The topological polar surface area (TPSA) is 56.3 Å². The van der Waals surface area contributed by atoms with Gasteiger partial charge in [-0.05, 0) is 176 Å². The Balaban J connectivity index is 1.73. The molecule has 0 bridgehead atoms. The zero-order valence-corrected chi connectivity index (χ0v) is 27.9. The van der Waals surface area contributed by atoms with Crippen molar-refractivity contribution in [3.05, 3.63) is 87.1 Å². The molecule has 2 aromatic heterocycles. The molecule has 0 spiro atoms. The van der Waals surface area contributed by atoms with Gasteiger partial charge in [-0.15, -0.1) is 0 Å². The summed E-state index contributed by atoms with van der Waals surface area (Å²) in [5.74, 6) is 0. The molecule has 0 aliphatic carbocycles. The largest absolute Gasteiger partial charge is 0.349 e. The molecule has 2 N–H and O–H groups in total. The van der Waals surface area contributed by atoms with Crippen molar-refractivity contribution in [2.75, 3.05) is 0 Å². The summed E-state index contributed by atoms with van der Waals surface area (Å²) in [6.45, 7) is 16.9. The van der Waals surface area contributed by atoms with Crippen LogP contribution in [0.3, 0.4) is 0 Å². The fourth-order valence-corrected chi connectivity index (χ4v) is 6.56. The Kier molecular flexibility index (Phi) is 7.92. The van der Waals surface area contributed by atoms with Gasteiger partial charge in [0.1, 0.15) is 0 Å². The van der Waals surface area contributed by atoms with Crippen molar-refractivity contribution < 1.29 is 0 Å². The number of hydrogen-bond donors (Lipinski definition) is 2. The molecular formula is C28H28Br4N4. The van der Waals surface area contributed by atoms with Crippen LogP contribution in [0.4, 0.5) is 0 Å². The number of rotatable bonds is 4. The number of aromatic amines is 2. The van der Waals surface area contributed by atoms with E-state index >= 15 is 0 Å². The number of H-pyrrole nitrogens is 2. The summed E-state index contributed by atoms with van der Waals surface area (Å²) in [7, 11) is 0. The second kappa shape index (κ2) is 10.4. The molecular weight excluding hydrogens is 712 g/mol. The van der Waals surface area contributed by atoms with Crippen LogP contribution in [0, 0.1) is 27.7 Å². The SMILES string of the molecule is CC1=C(C)/C(=C/c2[nH]c(Br)c(C)c2C)N=C1C=C(Br)C1=N/C(=C(/Br)c2[nH]c(Br)c(C)c2C)C(C)=C1C. The number of aromatic nitrogens is 2. The number of aliphatic imine (C=N–C) groups is 2. The van der Waals surface area contributed by atoms with E-state index in [2.05, 4.69) is 141 Å². The maximum Gasteiger partial charge on any atom is 0.0857 e. The van der Waals surface area contributed by atoms with Crippen molar-refractivity contribution in [3.8, 4) is 0 Å². The molecule has 4 heterocycles. The Bertz CT molecular complexity index is 1530. The minimum Gasteiger partial charge on any atom is -0.349 e. The highest BCUT2D eigenvalue weighted by Gasteiger charge is 2.25. The average molecular weight is 740 g/mol. The molecule has 2 aliphatic heterocycles. The molecule has 0 atom stereocenters. The summed E-state index contributed by atoms with van der Waals surface area (Å²) in [5.41, 5.74) is 15.3. The first-order valence-corrected chi connectivity index (χ1v) is 14.7. The van der Waals surface area contributed by atoms with E-state index in [-0.39, 0.29) is 0 Å². The van der Waals surface area contributed by atoms with Crippen molar-refractivity contribution in [2.24, 2.45) is 9.98 Å². The normalized spacial score (nSPS) is 19.2. The summed E-state index contributed by atoms with van der Waals surface area (Å²) in [5, 5.41) is 0. The summed E-state index contributed by atoms with van der Waals surface area (Å²) < 4.78 is 3.88. The quantitative estimate of drug-likeness (QED) is 0.314. The Labute approximate surface area is 246 Å². The highest BCUT2D eigenvalue weighted by molar-refractivity contribution is 9.15. The van der Waals surface area contributed by atoms with E-state index in [0.717, 1.165) is 69.1 Å². The summed E-state index contributed by atoms with van der Waals surface area (Å²) in [4.78, 5) is 16.8. The molecule has 188 valence electrons.